The summed E-state index contributed by atoms with van der Waals surface area (Å²) in [4.78, 5) is 4.54. The molecule has 2 aromatic carbocycles. The van der Waals surface area contributed by atoms with E-state index >= 15 is 0 Å². The molecule has 3 aromatic rings. The van der Waals surface area contributed by atoms with Crippen LogP contribution in [0.3, 0.4) is 0 Å². The van der Waals surface area contributed by atoms with Crippen LogP contribution in [0.1, 0.15) is 5.69 Å². The Kier molecular flexibility index (Phi) is 3.99. The van der Waals surface area contributed by atoms with Crippen molar-refractivity contribution in [3.8, 4) is 5.69 Å². The Balaban J connectivity index is 1.97. The fraction of sp³-hybridized carbons (Fsp3) is 0.0625. The number of anilines is 2. The van der Waals surface area contributed by atoms with Crippen molar-refractivity contribution in [2.75, 3.05) is 5.32 Å². The monoisotopic (exact) mass is 361 g/mol. The molecule has 0 amide bonds. The topological polar surface area (TPSA) is 29.9 Å². The maximum Gasteiger partial charge on any atom is 0.212 e. The van der Waals surface area contributed by atoms with Gasteiger partial charge in [-0.3, -0.25) is 4.57 Å². The van der Waals surface area contributed by atoms with Gasteiger partial charge in [-0.15, -0.1) is 0 Å². The highest BCUT2D eigenvalue weighted by Crippen LogP contribution is 2.28. The molecule has 3 nitrogen and oxygen atoms in total. The number of aryl methyl sites for hydroxylation is 1. The van der Waals surface area contributed by atoms with Crippen molar-refractivity contribution in [1.29, 1.82) is 0 Å². The highest BCUT2D eigenvalue weighted by Gasteiger charge is 2.08. The van der Waals surface area contributed by atoms with E-state index in [0.29, 0.717) is 5.02 Å². The first-order valence-corrected chi connectivity index (χ1v) is 7.64. The van der Waals surface area contributed by atoms with E-state index in [0.717, 1.165) is 27.5 Å². The third-order valence-electron chi connectivity index (χ3n) is 3.04. The second-order valence-electron chi connectivity index (χ2n) is 4.67. The van der Waals surface area contributed by atoms with Gasteiger partial charge in [-0.1, -0.05) is 29.8 Å². The van der Waals surface area contributed by atoms with E-state index in [1.54, 1.807) is 0 Å². The number of nitrogens with zero attached hydrogens (tertiary/aromatic N) is 2. The fourth-order valence-corrected chi connectivity index (χ4v) is 2.57. The average Bonchev–Trinajstić information content (AvgIpc) is 2.85. The molecule has 1 heterocycles. The van der Waals surface area contributed by atoms with Crippen LogP contribution in [0.4, 0.5) is 11.6 Å². The van der Waals surface area contributed by atoms with E-state index in [9.17, 15) is 0 Å². The molecule has 0 aliphatic rings. The van der Waals surface area contributed by atoms with Crippen LogP contribution in [-0.2, 0) is 0 Å². The van der Waals surface area contributed by atoms with Crippen LogP contribution in [0.15, 0.2) is 59.2 Å². The van der Waals surface area contributed by atoms with Gasteiger partial charge in [0.15, 0.2) is 0 Å². The Hall–Kier alpha value is -1.78. The minimum Gasteiger partial charge on any atom is -0.325 e. The predicted octanol–water partition coefficient (Wildman–Crippen LogP) is 5.34. The molecule has 0 bridgehead atoms. The summed E-state index contributed by atoms with van der Waals surface area (Å²) in [7, 11) is 0. The predicted molar refractivity (Wildman–Crippen MR) is 90.7 cm³/mol. The standard InChI is InChI=1S/C16H13BrClN3/c1-11-10-21(13-5-3-2-4-6-13)16(19-11)20-12-7-8-15(18)14(17)9-12/h2-10H,1H3,(H,19,20). The van der Waals surface area contributed by atoms with E-state index in [1.807, 2.05) is 66.2 Å². The molecule has 1 aromatic heterocycles. The maximum atomic E-state index is 6.02. The molecule has 0 saturated carbocycles. The summed E-state index contributed by atoms with van der Waals surface area (Å²) < 4.78 is 2.88. The largest absolute Gasteiger partial charge is 0.325 e. The van der Waals surface area contributed by atoms with E-state index < -0.39 is 0 Å². The molecule has 1 N–H and O–H groups in total. The number of halogens is 2. The van der Waals surface area contributed by atoms with Gasteiger partial charge in [0, 0.05) is 22.0 Å². The Labute approximate surface area is 136 Å². The molecular formula is C16H13BrClN3. The molecule has 5 heteroatoms. The van der Waals surface area contributed by atoms with Gasteiger partial charge in [0.1, 0.15) is 0 Å². The van der Waals surface area contributed by atoms with Gasteiger partial charge >= 0.3 is 0 Å². The highest BCUT2D eigenvalue weighted by molar-refractivity contribution is 9.10. The second kappa shape index (κ2) is 5.92. The summed E-state index contributed by atoms with van der Waals surface area (Å²) in [5.41, 5.74) is 2.94. The van der Waals surface area contributed by atoms with Gasteiger partial charge in [0.2, 0.25) is 5.95 Å². The molecule has 0 spiro atoms. The lowest BCUT2D eigenvalue weighted by Crippen LogP contribution is -2.00. The molecular weight excluding hydrogens is 350 g/mol. The molecule has 0 saturated heterocycles. The molecule has 3 rings (SSSR count). The van der Waals surface area contributed by atoms with Crippen LogP contribution in [0.25, 0.3) is 5.69 Å². The quantitative estimate of drug-likeness (QED) is 0.681. The summed E-state index contributed by atoms with van der Waals surface area (Å²) in [6.07, 6.45) is 2.00. The number of hydrogen-bond acceptors (Lipinski definition) is 2. The second-order valence-corrected chi connectivity index (χ2v) is 5.93. The summed E-state index contributed by atoms with van der Waals surface area (Å²) in [6.45, 7) is 1.97. The Morgan fingerprint density at radius 3 is 2.62 bits per heavy atom. The lowest BCUT2D eigenvalue weighted by atomic mass is 10.3. The van der Waals surface area contributed by atoms with Crippen molar-refractivity contribution in [2.45, 2.75) is 6.92 Å². The zero-order valence-electron chi connectivity index (χ0n) is 11.3. The molecule has 0 fully saturated rings. The van der Waals surface area contributed by atoms with Crippen molar-refractivity contribution >= 4 is 39.2 Å². The number of benzene rings is 2. The molecule has 0 atom stereocenters. The zero-order chi connectivity index (χ0) is 14.8. The van der Waals surface area contributed by atoms with E-state index in [-0.39, 0.29) is 0 Å². The van der Waals surface area contributed by atoms with Crippen LogP contribution in [0.5, 0.6) is 0 Å². The molecule has 0 radical (unpaired) electrons. The number of imidazole rings is 1. The first-order valence-electron chi connectivity index (χ1n) is 6.47. The summed E-state index contributed by atoms with van der Waals surface area (Å²) in [5.74, 6) is 0.771. The summed E-state index contributed by atoms with van der Waals surface area (Å²) >= 11 is 9.45. The number of rotatable bonds is 3. The van der Waals surface area contributed by atoms with Gasteiger partial charge in [-0.2, -0.15) is 0 Å². The van der Waals surface area contributed by atoms with Crippen LogP contribution in [0.2, 0.25) is 5.02 Å². The highest BCUT2D eigenvalue weighted by atomic mass is 79.9. The smallest absolute Gasteiger partial charge is 0.212 e. The van der Waals surface area contributed by atoms with Crippen LogP contribution in [0, 0.1) is 6.92 Å². The number of nitrogens with one attached hydrogen (secondary N) is 1. The Bertz CT molecular complexity index is 768. The van der Waals surface area contributed by atoms with E-state index in [4.69, 9.17) is 11.6 Å². The maximum absolute atomic E-state index is 6.02. The molecule has 0 aliphatic heterocycles. The van der Waals surface area contributed by atoms with Gasteiger partial charge in [-0.05, 0) is 53.2 Å². The Morgan fingerprint density at radius 1 is 1.14 bits per heavy atom. The number of para-hydroxylation sites is 1. The first-order chi connectivity index (χ1) is 10.1. The number of aromatic nitrogens is 2. The third kappa shape index (κ3) is 3.12. The van der Waals surface area contributed by atoms with E-state index in [2.05, 4.69) is 26.2 Å². The lowest BCUT2D eigenvalue weighted by molar-refractivity contribution is 1.06. The lowest BCUT2D eigenvalue weighted by Gasteiger charge is -2.10. The normalized spacial score (nSPS) is 10.6. The van der Waals surface area contributed by atoms with Crippen LogP contribution < -0.4 is 5.32 Å². The SMILES string of the molecule is Cc1cn(-c2ccccc2)c(Nc2ccc(Cl)c(Br)c2)n1. The average molecular weight is 363 g/mol. The van der Waals surface area contributed by atoms with E-state index in [1.165, 1.54) is 0 Å². The van der Waals surface area contributed by atoms with Crippen molar-refractivity contribution < 1.29 is 0 Å². The summed E-state index contributed by atoms with van der Waals surface area (Å²) in [6, 6.07) is 15.8. The molecule has 0 unspecified atom stereocenters. The van der Waals surface area contributed by atoms with Crippen LogP contribution >= 0.6 is 27.5 Å². The van der Waals surface area contributed by atoms with Crippen molar-refractivity contribution in [3.63, 3.8) is 0 Å². The summed E-state index contributed by atoms with van der Waals surface area (Å²) in [5, 5.41) is 4.01. The number of hydrogen-bond donors (Lipinski definition) is 1. The Morgan fingerprint density at radius 2 is 1.90 bits per heavy atom. The van der Waals surface area contributed by atoms with Gasteiger partial charge in [-0.25, -0.2) is 4.98 Å². The minimum absolute atomic E-state index is 0.683. The first kappa shape index (κ1) is 14.2. The minimum atomic E-state index is 0.683. The fourth-order valence-electron chi connectivity index (χ4n) is 2.07. The van der Waals surface area contributed by atoms with Crippen molar-refractivity contribution in [3.05, 3.63) is 69.9 Å². The van der Waals surface area contributed by atoms with Crippen molar-refractivity contribution in [2.24, 2.45) is 0 Å². The zero-order valence-corrected chi connectivity index (χ0v) is 13.7. The van der Waals surface area contributed by atoms with Gasteiger partial charge in [0.05, 0.1) is 10.7 Å². The van der Waals surface area contributed by atoms with Crippen molar-refractivity contribution in [1.82, 2.24) is 9.55 Å². The third-order valence-corrected chi connectivity index (χ3v) is 4.25. The van der Waals surface area contributed by atoms with Gasteiger partial charge in [0.25, 0.3) is 0 Å². The molecule has 106 valence electrons. The molecule has 21 heavy (non-hydrogen) atoms. The van der Waals surface area contributed by atoms with Crippen LogP contribution in [-0.4, -0.2) is 9.55 Å². The molecule has 0 aliphatic carbocycles. The van der Waals surface area contributed by atoms with Gasteiger partial charge < -0.3 is 5.32 Å².